The Kier molecular flexibility index (Phi) is 14.5. The molecular formula is C18H32O3. The molecule has 0 radical (unpaired) electrons. The van der Waals surface area contributed by atoms with Crippen LogP contribution in [-0.2, 0) is 9.59 Å². The van der Waals surface area contributed by atoms with E-state index in [1.165, 1.54) is 25.7 Å². The van der Waals surface area contributed by atoms with Crippen LogP contribution in [0.25, 0.3) is 0 Å². The van der Waals surface area contributed by atoms with E-state index < -0.39 is 5.97 Å². The summed E-state index contributed by atoms with van der Waals surface area (Å²) in [6, 6.07) is 0. The lowest BCUT2D eigenvalue weighted by atomic mass is 10.1. The van der Waals surface area contributed by atoms with Gasteiger partial charge >= 0.3 is 5.97 Å². The summed E-state index contributed by atoms with van der Waals surface area (Å²) < 4.78 is 0. The van der Waals surface area contributed by atoms with Crippen LogP contribution >= 0.6 is 0 Å². The predicted octanol–water partition coefficient (Wildman–Crippen LogP) is 5.29. The third-order valence-corrected chi connectivity index (χ3v) is 3.59. The highest BCUT2D eigenvalue weighted by Gasteiger charge is 1.97. The third-order valence-electron chi connectivity index (χ3n) is 3.59. The maximum absolute atomic E-state index is 11.6. The zero-order chi connectivity index (χ0) is 15.8. The summed E-state index contributed by atoms with van der Waals surface area (Å²) in [6.07, 6.45) is 16.7. The van der Waals surface area contributed by atoms with Crippen LogP contribution < -0.4 is 0 Å². The lowest BCUT2D eigenvalue weighted by Gasteiger charge is -1.99. The lowest BCUT2D eigenvalue weighted by Crippen LogP contribution is -1.93. The average molecular weight is 296 g/mol. The average Bonchev–Trinajstić information content (AvgIpc) is 2.45. The molecular weight excluding hydrogens is 264 g/mol. The molecule has 0 spiro atoms. The first-order chi connectivity index (χ1) is 10.2. The molecule has 0 unspecified atom stereocenters. The molecule has 3 nitrogen and oxygen atoms in total. The summed E-state index contributed by atoms with van der Waals surface area (Å²) in [6.45, 7) is 2.19. The van der Waals surface area contributed by atoms with Gasteiger partial charge in [-0.05, 0) is 31.8 Å². The SMILES string of the molecule is CCCCCCCC(=O)/C=C\CCCCCCCC(=O)O. The van der Waals surface area contributed by atoms with Crippen molar-refractivity contribution in [2.45, 2.75) is 90.4 Å². The minimum atomic E-state index is -0.703. The van der Waals surface area contributed by atoms with Gasteiger partial charge in [0.2, 0.25) is 0 Å². The van der Waals surface area contributed by atoms with Gasteiger partial charge in [-0.3, -0.25) is 9.59 Å². The van der Waals surface area contributed by atoms with Crippen LogP contribution in [0, 0.1) is 0 Å². The molecule has 3 heteroatoms. The first-order valence-corrected chi connectivity index (χ1v) is 8.58. The van der Waals surface area contributed by atoms with Crippen LogP contribution in [0.5, 0.6) is 0 Å². The summed E-state index contributed by atoms with van der Waals surface area (Å²) in [5.74, 6) is -0.445. The van der Waals surface area contributed by atoms with E-state index in [1.807, 2.05) is 6.08 Å². The van der Waals surface area contributed by atoms with Gasteiger partial charge in [0.25, 0.3) is 0 Å². The Morgan fingerprint density at radius 2 is 1.38 bits per heavy atom. The molecule has 0 bridgehead atoms. The number of ketones is 1. The van der Waals surface area contributed by atoms with E-state index in [-0.39, 0.29) is 12.2 Å². The molecule has 0 aromatic heterocycles. The van der Waals surface area contributed by atoms with Crippen LogP contribution in [0.3, 0.4) is 0 Å². The van der Waals surface area contributed by atoms with Crippen LogP contribution in [0.4, 0.5) is 0 Å². The van der Waals surface area contributed by atoms with Gasteiger partial charge in [-0.25, -0.2) is 0 Å². The van der Waals surface area contributed by atoms with Gasteiger partial charge in [-0.2, -0.15) is 0 Å². The van der Waals surface area contributed by atoms with Crippen LogP contribution in [-0.4, -0.2) is 16.9 Å². The number of rotatable bonds is 15. The lowest BCUT2D eigenvalue weighted by molar-refractivity contribution is -0.137. The number of carbonyl (C=O) groups excluding carboxylic acids is 1. The van der Waals surface area contributed by atoms with Gasteiger partial charge in [0.15, 0.2) is 5.78 Å². The zero-order valence-corrected chi connectivity index (χ0v) is 13.6. The van der Waals surface area contributed by atoms with E-state index in [0.29, 0.717) is 6.42 Å². The van der Waals surface area contributed by atoms with Crippen LogP contribution in [0.2, 0.25) is 0 Å². The second-order valence-electron chi connectivity index (χ2n) is 5.73. The molecule has 1 N–H and O–H groups in total. The van der Waals surface area contributed by atoms with E-state index in [9.17, 15) is 9.59 Å². The molecule has 0 saturated carbocycles. The molecule has 0 aromatic carbocycles. The van der Waals surface area contributed by atoms with Crippen molar-refractivity contribution in [2.75, 3.05) is 0 Å². The minimum absolute atomic E-state index is 0.257. The van der Waals surface area contributed by atoms with Gasteiger partial charge < -0.3 is 5.11 Å². The molecule has 0 aromatic rings. The van der Waals surface area contributed by atoms with Crippen LogP contribution in [0.15, 0.2) is 12.2 Å². The number of hydrogen-bond acceptors (Lipinski definition) is 2. The largest absolute Gasteiger partial charge is 0.481 e. The van der Waals surface area contributed by atoms with Gasteiger partial charge in [0.1, 0.15) is 0 Å². The van der Waals surface area contributed by atoms with Gasteiger partial charge in [-0.15, -0.1) is 0 Å². The maximum atomic E-state index is 11.6. The maximum Gasteiger partial charge on any atom is 0.303 e. The van der Waals surface area contributed by atoms with E-state index in [2.05, 4.69) is 6.92 Å². The van der Waals surface area contributed by atoms with Crippen molar-refractivity contribution in [3.05, 3.63) is 12.2 Å². The molecule has 0 heterocycles. The first-order valence-electron chi connectivity index (χ1n) is 8.58. The van der Waals surface area contributed by atoms with E-state index >= 15 is 0 Å². The summed E-state index contributed by atoms with van der Waals surface area (Å²) >= 11 is 0. The molecule has 0 fully saturated rings. The van der Waals surface area contributed by atoms with Crippen molar-refractivity contribution < 1.29 is 14.7 Å². The first kappa shape index (κ1) is 19.9. The molecule has 0 saturated heterocycles. The predicted molar refractivity (Wildman–Crippen MR) is 87.5 cm³/mol. The fraction of sp³-hybridized carbons (Fsp3) is 0.778. The molecule has 0 rings (SSSR count). The summed E-state index contributed by atoms with van der Waals surface area (Å²) in [4.78, 5) is 21.9. The normalized spacial score (nSPS) is 11.1. The van der Waals surface area contributed by atoms with Crippen LogP contribution in [0.1, 0.15) is 90.4 Å². The Morgan fingerprint density at radius 3 is 2.05 bits per heavy atom. The van der Waals surface area contributed by atoms with Crippen molar-refractivity contribution in [2.24, 2.45) is 0 Å². The van der Waals surface area contributed by atoms with Crippen molar-refractivity contribution in [3.63, 3.8) is 0 Å². The highest BCUT2D eigenvalue weighted by Crippen LogP contribution is 2.08. The molecule has 0 aliphatic rings. The summed E-state index contributed by atoms with van der Waals surface area (Å²) in [5, 5.41) is 8.50. The monoisotopic (exact) mass is 296 g/mol. The van der Waals surface area contributed by atoms with E-state index in [4.69, 9.17) is 5.11 Å². The molecule has 0 amide bonds. The number of unbranched alkanes of at least 4 members (excludes halogenated alkanes) is 9. The van der Waals surface area contributed by atoms with Gasteiger partial charge in [-0.1, -0.05) is 57.9 Å². The Labute approximate surface area is 129 Å². The smallest absolute Gasteiger partial charge is 0.303 e. The zero-order valence-electron chi connectivity index (χ0n) is 13.6. The number of allylic oxidation sites excluding steroid dienone is 2. The topological polar surface area (TPSA) is 54.4 Å². The highest BCUT2D eigenvalue weighted by atomic mass is 16.4. The second-order valence-corrected chi connectivity index (χ2v) is 5.73. The number of carboxylic acids is 1. The number of carbonyl (C=O) groups is 2. The highest BCUT2D eigenvalue weighted by molar-refractivity contribution is 5.89. The third kappa shape index (κ3) is 16.8. The number of aliphatic carboxylic acids is 1. The Hall–Kier alpha value is -1.12. The fourth-order valence-corrected chi connectivity index (χ4v) is 2.27. The number of hydrogen-bond donors (Lipinski definition) is 1. The standard InChI is InChI=1S/C18H32O3/c1-2-3-4-8-11-14-17(19)15-12-9-6-5-7-10-13-16-18(20)21/h12,15H,2-11,13-14,16H2,1H3,(H,20,21)/b15-12-. The Bertz CT molecular complexity index is 295. The van der Waals surface area contributed by atoms with Gasteiger partial charge in [0, 0.05) is 12.8 Å². The molecule has 0 aliphatic heterocycles. The van der Waals surface area contributed by atoms with Gasteiger partial charge in [0.05, 0.1) is 0 Å². The van der Waals surface area contributed by atoms with E-state index in [0.717, 1.165) is 44.9 Å². The van der Waals surface area contributed by atoms with Crippen molar-refractivity contribution in [1.29, 1.82) is 0 Å². The Balaban J connectivity index is 3.30. The van der Waals surface area contributed by atoms with Crippen molar-refractivity contribution in [3.8, 4) is 0 Å². The fourth-order valence-electron chi connectivity index (χ4n) is 2.27. The number of carboxylic acid groups (broad SMARTS) is 1. The molecule has 122 valence electrons. The molecule has 21 heavy (non-hydrogen) atoms. The summed E-state index contributed by atoms with van der Waals surface area (Å²) in [7, 11) is 0. The second kappa shape index (κ2) is 15.3. The van der Waals surface area contributed by atoms with Crippen molar-refractivity contribution >= 4 is 11.8 Å². The Morgan fingerprint density at radius 1 is 0.810 bits per heavy atom. The summed E-state index contributed by atoms with van der Waals surface area (Å²) in [5.41, 5.74) is 0. The quantitative estimate of drug-likeness (QED) is 0.330. The van der Waals surface area contributed by atoms with Crippen molar-refractivity contribution in [1.82, 2.24) is 0 Å². The van der Waals surface area contributed by atoms with E-state index in [1.54, 1.807) is 6.08 Å². The molecule has 0 aliphatic carbocycles. The molecule has 0 atom stereocenters. The minimum Gasteiger partial charge on any atom is -0.481 e.